The molecule has 1 aromatic carbocycles. The Kier molecular flexibility index (Phi) is 7.70. The third kappa shape index (κ3) is 5.59. The average Bonchev–Trinajstić information content (AvgIpc) is 2.83. The Labute approximate surface area is 181 Å². The van der Waals surface area contributed by atoms with Crippen LogP contribution in [0.3, 0.4) is 0 Å². The number of nitrogens with one attached hydrogen (secondary N) is 1. The second-order valence-electron chi connectivity index (χ2n) is 7.28. The van der Waals surface area contributed by atoms with E-state index in [0.717, 1.165) is 37.1 Å². The summed E-state index contributed by atoms with van der Waals surface area (Å²) in [5, 5.41) is 3.36. The molecule has 156 valence electrons. The third-order valence-corrected chi connectivity index (χ3v) is 6.32. The van der Waals surface area contributed by atoms with Crippen molar-refractivity contribution in [2.75, 3.05) is 31.6 Å². The molecular formula is C22H27ClN2O3S. The highest BCUT2D eigenvalue weighted by molar-refractivity contribution is 7.21. The predicted octanol–water partition coefficient (Wildman–Crippen LogP) is 5.37. The zero-order valence-electron chi connectivity index (χ0n) is 16.9. The van der Waals surface area contributed by atoms with Gasteiger partial charge in [0.05, 0.1) is 13.2 Å². The normalized spacial score (nSPS) is 15.0. The van der Waals surface area contributed by atoms with Gasteiger partial charge in [-0.1, -0.05) is 54.3 Å². The van der Waals surface area contributed by atoms with Crippen LogP contribution in [-0.2, 0) is 9.53 Å². The van der Waals surface area contributed by atoms with Crippen LogP contribution in [0.15, 0.2) is 24.3 Å². The molecule has 0 spiro atoms. The quantitative estimate of drug-likeness (QED) is 0.621. The molecule has 2 aromatic rings. The van der Waals surface area contributed by atoms with Crippen LogP contribution in [0.2, 0.25) is 4.34 Å². The summed E-state index contributed by atoms with van der Waals surface area (Å²) in [4.78, 5) is 27.6. The minimum absolute atomic E-state index is 0.133. The van der Waals surface area contributed by atoms with Crippen molar-refractivity contribution >= 4 is 39.8 Å². The van der Waals surface area contributed by atoms with Gasteiger partial charge in [0, 0.05) is 5.56 Å². The molecule has 1 amide bonds. The minimum atomic E-state index is -0.476. The van der Waals surface area contributed by atoms with Gasteiger partial charge in [-0.05, 0) is 45.3 Å². The topological polar surface area (TPSA) is 58.6 Å². The van der Waals surface area contributed by atoms with E-state index in [1.807, 2.05) is 31.2 Å². The second kappa shape index (κ2) is 10.2. The van der Waals surface area contributed by atoms with Crippen LogP contribution in [-0.4, -0.2) is 43.0 Å². The third-order valence-electron chi connectivity index (χ3n) is 5.00. The number of hydrogen-bond donors (Lipinski definition) is 1. The number of hydrogen-bond acceptors (Lipinski definition) is 5. The van der Waals surface area contributed by atoms with Crippen molar-refractivity contribution in [1.82, 2.24) is 4.90 Å². The van der Waals surface area contributed by atoms with E-state index in [2.05, 4.69) is 10.2 Å². The molecule has 3 rings (SSSR count). The zero-order chi connectivity index (χ0) is 20.8. The molecule has 0 saturated carbocycles. The Hall–Kier alpha value is -1.89. The van der Waals surface area contributed by atoms with Gasteiger partial charge in [0.1, 0.15) is 14.9 Å². The van der Waals surface area contributed by atoms with Crippen LogP contribution < -0.4 is 5.32 Å². The van der Waals surface area contributed by atoms with E-state index >= 15 is 0 Å². The summed E-state index contributed by atoms with van der Waals surface area (Å²) in [5.41, 5.74) is 2.88. The molecule has 0 aliphatic carbocycles. The summed E-state index contributed by atoms with van der Waals surface area (Å²) in [6, 6.07) is 7.79. The van der Waals surface area contributed by atoms with Gasteiger partial charge < -0.3 is 10.1 Å². The fourth-order valence-corrected chi connectivity index (χ4v) is 4.92. The van der Waals surface area contributed by atoms with Gasteiger partial charge in [-0.15, -0.1) is 11.3 Å². The van der Waals surface area contributed by atoms with Crippen molar-refractivity contribution in [2.45, 2.75) is 39.5 Å². The van der Waals surface area contributed by atoms with Crippen LogP contribution in [0.1, 0.15) is 48.5 Å². The second-order valence-corrected chi connectivity index (χ2v) is 8.90. The molecule has 29 heavy (non-hydrogen) atoms. The molecule has 1 N–H and O–H groups in total. The summed E-state index contributed by atoms with van der Waals surface area (Å²) in [7, 11) is 0. The first-order valence-electron chi connectivity index (χ1n) is 10.1. The minimum Gasteiger partial charge on any atom is -0.462 e. The SMILES string of the molecule is CCOC(=O)c1c(NC(=O)CN2CCCCCC2)sc(Cl)c1-c1ccc(C)cc1. The lowest BCUT2D eigenvalue weighted by atomic mass is 10.0. The average molecular weight is 435 g/mol. The van der Waals surface area contributed by atoms with Gasteiger partial charge in [0.25, 0.3) is 0 Å². The summed E-state index contributed by atoms with van der Waals surface area (Å²) in [6.45, 7) is 6.18. The van der Waals surface area contributed by atoms with Crippen molar-refractivity contribution in [3.8, 4) is 11.1 Å². The van der Waals surface area contributed by atoms with Crippen LogP contribution in [0.4, 0.5) is 5.00 Å². The lowest BCUT2D eigenvalue weighted by molar-refractivity contribution is -0.117. The fourth-order valence-electron chi connectivity index (χ4n) is 3.53. The van der Waals surface area contributed by atoms with Gasteiger partial charge in [-0.2, -0.15) is 0 Å². The number of carbonyl (C=O) groups is 2. The van der Waals surface area contributed by atoms with E-state index in [1.165, 1.54) is 24.2 Å². The van der Waals surface area contributed by atoms with Gasteiger partial charge in [-0.25, -0.2) is 4.79 Å². The molecule has 2 heterocycles. The van der Waals surface area contributed by atoms with Crippen molar-refractivity contribution < 1.29 is 14.3 Å². The highest BCUT2D eigenvalue weighted by Gasteiger charge is 2.27. The Balaban J connectivity index is 1.87. The van der Waals surface area contributed by atoms with Gasteiger partial charge in [0.15, 0.2) is 0 Å². The largest absolute Gasteiger partial charge is 0.462 e. The monoisotopic (exact) mass is 434 g/mol. The maximum Gasteiger partial charge on any atom is 0.341 e. The number of carbonyl (C=O) groups excluding carboxylic acids is 2. The molecule has 7 heteroatoms. The lowest BCUT2D eigenvalue weighted by Crippen LogP contribution is -2.34. The number of amides is 1. The lowest BCUT2D eigenvalue weighted by Gasteiger charge is -2.19. The summed E-state index contributed by atoms with van der Waals surface area (Å²) >= 11 is 7.72. The molecule has 5 nitrogen and oxygen atoms in total. The number of ether oxygens (including phenoxy) is 1. The molecule has 1 aromatic heterocycles. The van der Waals surface area contributed by atoms with Gasteiger partial charge >= 0.3 is 5.97 Å². The van der Waals surface area contributed by atoms with Crippen molar-refractivity contribution in [3.05, 3.63) is 39.7 Å². The molecule has 1 aliphatic rings. The highest BCUT2D eigenvalue weighted by atomic mass is 35.5. The first-order chi connectivity index (χ1) is 14.0. The van der Waals surface area contributed by atoms with Crippen LogP contribution in [0.5, 0.6) is 0 Å². The van der Waals surface area contributed by atoms with Crippen molar-refractivity contribution in [2.24, 2.45) is 0 Å². The molecular weight excluding hydrogens is 408 g/mol. The number of halogens is 1. The van der Waals surface area contributed by atoms with Crippen molar-refractivity contribution in [1.29, 1.82) is 0 Å². The van der Waals surface area contributed by atoms with Gasteiger partial charge in [-0.3, -0.25) is 9.69 Å². The first kappa shape index (κ1) is 21.8. The number of aryl methyl sites for hydroxylation is 1. The number of nitrogens with zero attached hydrogens (tertiary/aromatic N) is 1. The van der Waals surface area contributed by atoms with E-state index in [1.54, 1.807) is 6.92 Å². The Bertz CT molecular complexity index is 856. The summed E-state index contributed by atoms with van der Waals surface area (Å²) in [6.07, 6.45) is 4.66. The number of esters is 1. The van der Waals surface area contributed by atoms with E-state index in [0.29, 0.717) is 27.0 Å². The number of benzene rings is 1. The Morgan fingerprint density at radius 3 is 2.41 bits per heavy atom. The number of rotatable bonds is 6. The number of likely N-dealkylation sites (tertiary alicyclic amines) is 1. The molecule has 0 bridgehead atoms. The molecule has 1 saturated heterocycles. The Morgan fingerprint density at radius 1 is 1.14 bits per heavy atom. The first-order valence-corrected chi connectivity index (χ1v) is 11.3. The van der Waals surface area contributed by atoms with Gasteiger partial charge in [0.2, 0.25) is 5.91 Å². The predicted molar refractivity (Wildman–Crippen MR) is 119 cm³/mol. The van der Waals surface area contributed by atoms with Crippen LogP contribution in [0.25, 0.3) is 11.1 Å². The maximum absolute atomic E-state index is 12.7. The maximum atomic E-state index is 12.7. The molecule has 0 radical (unpaired) electrons. The summed E-state index contributed by atoms with van der Waals surface area (Å²) in [5.74, 6) is -0.609. The van der Waals surface area contributed by atoms with Crippen LogP contribution >= 0.6 is 22.9 Å². The standard InChI is InChI=1S/C22H27ClN2O3S/c1-3-28-22(27)19-18(16-10-8-15(2)9-11-16)20(23)29-21(19)24-17(26)14-25-12-6-4-5-7-13-25/h8-11H,3-7,12-14H2,1-2H3,(H,24,26). The Morgan fingerprint density at radius 2 is 1.79 bits per heavy atom. The van der Waals surface area contributed by atoms with E-state index in [9.17, 15) is 9.59 Å². The molecule has 1 fully saturated rings. The van der Waals surface area contributed by atoms with E-state index in [-0.39, 0.29) is 12.5 Å². The van der Waals surface area contributed by atoms with E-state index < -0.39 is 5.97 Å². The fraction of sp³-hybridized carbons (Fsp3) is 0.455. The van der Waals surface area contributed by atoms with Crippen molar-refractivity contribution in [3.63, 3.8) is 0 Å². The summed E-state index contributed by atoms with van der Waals surface area (Å²) < 4.78 is 5.72. The highest BCUT2D eigenvalue weighted by Crippen LogP contribution is 2.44. The smallest absolute Gasteiger partial charge is 0.341 e. The molecule has 0 unspecified atom stereocenters. The van der Waals surface area contributed by atoms with E-state index in [4.69, 9.17) is 16.3 Å². The zero-order valence-corrected chi connectivity index (χ0v) is 18.5. The van der Waals surface area contributed by atoms with Crippen LogP contribution in [0, 0.1) is 6.92 Å². The molecule has 0 atom stereocenters. The molecule has 1 aliphatic heterocycles. The number of anilines is 1. The number of thiophene rings is 1.